The molecule has 0 bridgehead atoms. The summed E-state index contributed by atoms with van der Waals surface area (Å²) < 4.78 is 0. The van der Waals surface area contributed by atoms with Gasteiger partial charge in [0.1, 0.15) is 0 Å². The average Bonchev–Trinajstić information content (AvgIpc) is 2.53. The first-order valence-electron chi connectivity index (χ1n) is 4.80. The van der Waals surface area contributed by atoms with Gasteiger partial charge in [0.15, 0.2) is 0 Å². The van der Waals surface area contributed by atoms with Crippen LogP contribution in [-0.2, 0) is 0 Å². The lowest BCUT2D eigenvalue weighted by molar-refractivity contribution is 0.222. The van der Waals surface area contributed by atoms with Crippen molar-refractivity contribution < 1.29 is 0 Å². The van der Waals surface area contributed by atoms with Gasteiger partial charge in [0, 0.05) is 0 Å². The number of fused-ring (bicyclic) bond motifs is 1. The summed E-state index contributed by atoms with van der Waals surface area (Å²) in [6, 6.07) is 2.45. The van der Waals surface area contributed by atoms with E-state index in [2.05, 4.69) is 33.8 Å². The van der Waals surface area contributed by atoms with Crippen molar-refractivity contribution in [2.45, 2.75) is 34.1 Å². The SMILES string of the molecule is CC1(C)CC(C)(C)C2C(C#N)C21. The molecule has 2 rings (SSSR count). The minimum absolute atomic E-state index is 0.365. The number of hydrogen-bond donors (Lipinski definition) is 0. The number of nitrogens with zero attached hydrogens (tertiary/aromatic N) is 1. The highest BCUT2D eigenvalue weighted by Gasteiger charge is 2.69. The standard InChI is InChI=1S/C11H17N/c1-10(2)6-11(3,4)9-7(5-12)8(9)10/h7-9H,6H2,1-4H3. The lowest BCUT2D eigenvalue weighted by Crippen LogP contribution is -2.20. The zero-order valence-electron chi connectivity index (χ0n) is 8.39. The van der Waals surface area contributed by atoms with Crippen LogP contribution in [0.3, 0.4) is 0 Å². The van der Waals surface area contributed by atoms with Crippen molar-refractivity contribution in [3.8, 4) is 6.07 Å². The molecule has 0 aromatic rings. The van der Waals surface area contributed by atoms with Gasteiger partial charge in [-0.25, -0.2) is 0 Å². The molecule has 0 aliphatic heterocycles. The largest absolute Gasteiger partial charge is 0.198 e. The maximum absolute atomic E-state index is 8.93. The summed E-state index contributed by atoms with van der Waals surface area (Å²) in [5.41, 5.74) is 0.823. The van der Waals surface area contributed by atoms with E-state index >= 15 is 0 Å². The quantitative estimate of drug-likeness (QED) is 0.538. The Bertz CT molecular complexity index is 237. The summed E-state index contributed by atoms with van der Waals surface area (Å²) in [5.74, 6) is 1.75. The van der Waals surface area contributed by atoms with Gasteiger partial charge in [-0.15, -0.1) is 0 Å². The highest BCUT2D eigenvalue weighted by Crippen LogP contribution is 2.72. The van der Waals surface area contributed by atoms with E-state index in [4.69, 9.17) is 5.26 Å². The normalized spacial score (nSPS) is 46.4. The van der Waals surface area contributed by atoms with Gasteiger partial charge in [0.05, 0.1) is 12.0 Å². The third-order valence-corrected chi connectivity index (χ3v) is 3.88. The Balaban J connectivity index is 2.29. The molecular formula is C11H17N. The lowest BCUT2D eigenvalue weighted by atomic mass is 9.76. The molecule has 0 spiro atoms. The molecule has 12 heavy (non-hydrogen) atoms. The van der Waals surface area contributed by atoms with Crippen molar-refractivity contribution in [2.24, 2.45) is 28.6 Å². The Labute approximate surface area is 74.8 Å². The molecule has 66 valence electrons. The highest BCUT2D eigenvalue weighted by molar-refractivity contribution is 5.22. The maximum Gasteiger partial charge on any atom is 0.0662 e. The van der Waals surface area contributed by atoms with Gasteiger partial charge >= 0.3 is 0 Å². The van der Waals surface area contributed by atoms with Crippen molar-refractivity contribution in [2.75, 3.05) is 0 Å². The van der Waals surface area contributed by atoms with Crippen LogP contribution in [0.5, 0.6) is 0 Å². The fourth-order valence-electron chi connectivity index (χ4n) is 3.83. The first kappa shape index (κ1) is 8.10. The van der Waals surface area contributed by atoms with Crippen molar-refractivity contribution >= 4 is 0 Å². The molecule has 0 radical (unpaired) electrons. The van der Waals surface area contributed by atoms with E-state index in [0.717, 1.165) is 0 Å². The third kappa shape index (κ3) is 0.787. The van der Waals surface area contributed by atoms with E-state index in [9.17, 15) is 0 Å². The minimum atomic E-state index is 0.365. The van der Waals surface area contributed by atoms with Gasteiger partial charge in [-0.1, -0.05) is 27.7 Å². The molecule has 0 amide bonds. The summed E-state index contributed by atoms with van der Waals surface area (Å²) in [7, 11) is 0. The maximum atomic E-state index is 8.93. The van der Waals surface area contributed by atoms with Gasteiger partial charge in [0.25, 0.3) is 0 Å². The van der Waals surface area contributed by atoms with Gasteiger partial charge in [0.2, 0.25) is 0 Å². The molecule has 2 unspecified atom stereocenters. The van der Waals surface area contributed by atoms with Crippen LogP contribution in [0.15, 0.2) is 0 Å². The summed E-state index contributed by atoms with van der Waals surface area (Å²) in [5, 5.41) is 8.93. The molecule has 2 saturated carbocycles. The van der Waals surface area contributed by atoms with Crippen molar-refractivity contribution in [3.63, 3.8) is 0 Å². The molecule has 1 nitrogen and oxygen atoms in total. The molecular weight excluding hydrogens is 146 g/mol. The molecule has 0 heterocycles. The van der Waals surface area contributed by atoms with Gasteiger partial charge in [-0.3, -0.25) is 0 Å². The highest BCUT2D eigenvalue weighted by atomic mass is 14.7. The zero-order chi connectivity index (χ0) is 9.15. The molecule has 2 aliphatic rings. The van der Waals surface area contributed by atoms with E-state index in [1.807, 2.05) is 0 Å². The fourth-order valence-corrected chi connectivity index (χ4v) is 3.83. The molecule has 0 aromatic heterocycles. The van der Waals surface area contributed by atoms with E-state index in [1.165, 1.54) is 6.42 Å². The zero-order valence-corrected chi connectivity index (χ0v) is 8.39. The van der Waals surface area contributed by atoms with Crippen LogP contribution in [0.4, 0.5) is 0 Å². The van der Waals surface area contributed by atoms with Gasteiger partial charge in [-0.05, 0) is 29.1 Å². The van der Waals surface area contributed by atoms with Crippen LogP contribution in [0.2, 0.25) is 0 Å². The van der Waals surface area contributed by atoms with Crippen LogP contribution < -0.4 is 0 Å². The van der Waals surface area contributed by atoms with Gasteiger partial charge < -0.3 is 0 Å². The first-order chi connectivity index (χ1) is 5.40. The van der Waals surface area contributed by atoms with E-state index < -0.39 is 0 Å². The Morgan fingerprint density at radius 3 is 1.75 bits per heavy atom. The third-order valence-electron chi connectivity index (χ3n) is 3.88. The van der Waals surface area contributed by atoms with E-state index in [1.54, 1.807) is 0 Å². The average molecular weight is 163 g/mol. The Morgan fingerprint density at radius 2 is 1.50 bits per heavy atom. The second-order valence-electron chi connectivity index (χ2n) is 5.86. The minimum Gasteiger partial charge on any atom is -0.198 e. The predicted molar refractivity (Wildman–Crippen MR) is 48.3 cm³/mol. The van der Waals surface area contributed by atoms with Crippen LogP contribution in [-0.4, -0.2) is 0 Å². The summed E-state index contributed by atoms with van der Waals surface area (Å²) >= 11 is 0. The number of rotatable bonds is 0. The van der Waals surface area contributed by atoms with Crippen LogP contribution >= 0.6 is 0 Å². The van der Waals surface area contributed by atoms with Crippen molar-refractivity contribution in [3.05, 3.63) is 0 Å². The fraction of sp³-hybridized carbons (Fsp3) is 0.909. The molecule has 2 fully saturated rings. The molecule has 0 saturated heterocycles. The van der Waals surface area contributed by atoms with Crippen LogP contribution in [0, 0.1) is 39.9 Å². The summed E-state index contributed by atoms with van der Waals surface area (Å²) in [6.45, 7) is 9.26. The Kier molecular flexibility index (Phi) is 1.26. The van der Waals surface area contributed by atoms with Crippen molar-refractivity contribution in [1.29, 1.82) is 5.26 Å². The molecule has 2 atom stereocenters. The van der Waals surface area contributed by atoms with E-state index in [-0.39, 0.29) is 0 Å². The smallest absolute Gasteiger partial charge is 0.0662 e. The second kappa shape index (κ2) is 1.87. The molecule has 1 heteroatoms. The van der Waals surface area contributed by atoms with Crippen LogP contribution in [0.1, 0.15) is 34.1 Å². The summed E-state index contributed by atoms with van der Waals surface area (Å²) in [6.07, 6.45) is 1.29. The Hall–Kier alpha value is -0.510. The monoisotopic (exact) mass is 163 g/mol. The lowest BCUT2D eigenvalue weighted by Gasteiger charge is -2.28. The Morgan fingerprint density at radius 1 is 1.08 bits per heavy atom. The molecule has 0 N–H and O–H groups in total. The topological polar surface area (TPSA) is 23.8 Å². The number of nitriles is 1. The number of hydrogen-bond acceptors (Lipinski definition) is 1. The molecule has 0 aromatic carbocycles. The van der Waals surface area contributed by atoms with Crippen molar-refractivity contribution in [1.82, 2.24) is 0 Å². The van der Waals surface area contributed by atoms with Crippen LogP contribution in [0.25, 0.3) is 0 Å². The summed E-state index contributed by atoms with van der Waals surface area (Å²) in [4.78, 5) is 0. The second-order valence-corrected chi connectivity index (χ2v) is 5.86. The predicted octanol–water partition coefficient (Wildman–Crippen LogP) is 2.83. The van der Waals surface area contributed by atoms with E-state index in [0.29, 0.717) is 28.6 Å². The van der Waals surface area contributed by atoms with Gasteiger partial charge in [-0.2, -0.15) is 5.26 Å². The molecule has 2 aliphatic carbocycles. The first-order valence-corrected chi connectivity index (χ1v) is 4.80.